The van der Waals surface area contributed by atoms with Gasteiger partial charge in [-0.3, -0.25) is 0 Å². The minimum atomic E-state index is 0.825. The van der Waals surface area contributed by atoms with Crippen molar-refractivity contribution in [3.8, 4) is 0 Å². The molecule has 0 fully saturated rings. The van der Waals surface area contributed by atoms with Crippen molar-refractivity contribution in [1.82, 2.24) is 9.97 Å². The highest BCUT2D eigenvalue weighted by molar-refractivity contribution is 5.62. The average molecular weight is 358 g/mol. The van der Waals surface area contributed by atoms with Crippen molar-refractivity contribution in [3.05, 3.63) is 77.0 Å². The SMILES string of the molecule is CCN(c1cccc(C)c1)c1cc(C)nc(N2CCc3ccccc3C2)n1. The van der Waals surface area contributed by atoms with E-state index in [0.29, 0.717) is 0 Å². The molecule has 1 aromatic heterocycles. The molecule has 0 atom stereocenters. The Morgan fingerprint density at radius 3 is 2.56 bits per heavy atom. The fraction of sp³-hybridized carbons (Fsp3) is 0.304. The summed E-state index contributed by atoms with van der Waals surface area (Å²) < 4.78 is 0. The lowest BCUT2D eigenvalue weighted by Gasteiger charge is -2.30. The number of benzene rings is 2. The molecular formula is C23H26N4. The highest BCUT2D eigenvalue weighted by atomic mass is 15.3. The third-order valence-corrected chi connectivity index (χ3v) is 5.15. The summed E-state index contributed by atoms with van der Waals surface area (Å²) in [6.07, 6.45) is 1.04. The van der Waals surface area contributed by atoms with Crippen molar-refractivity contribution in [2.75, 3.05) is 22.9 Å². The zero-order chi connectivity index (χ0) is 18.8. The van der Waals surface area contributed by atoms with Crippen LogP contribution >= 0.6 is 0 Å². The molecule has 3 aromatic rings. The van der Waals surface area contributed by atoms with E-state index in [9.17, 15) is 0 Å². The molecule has 0 amide bonds. The molecule has 0 saturated carbocycles. The van der Waals surface area contributed by atoms with E-state index >= 15 is 0 Å². The largest absolute Gasteiger partial charge is 0.336 e. The zero-order valence-corrected chi connectivity index (χ0v) is 16.3. The van der Waals surface area contributed by atoms with Crippen molar-refractivity contribution >= 4 is 17.5 Å². The van der Waals surface area contributed by atoms with Crippen LogP contribution in [0.1, 0.15) is 29.3 Å². The molecule has 27 heavy (non-hydrogen) atoms. The molecule has 0 saturated heterocycles. The Labute approximate surface area is 161 Å². The van der Waals surface area contributed by atoms with Crippen LogP contribution in [0.25, 0.3) is 0 Å². The van der Waals surface area contributed by atoms with Gasteiger partial charge in [-0.25, -0.2) is 4.98 Å². The molecular weight excluding hydrogens is 332 g/mol. The van der Waals surface area contributed by atoms with E-state index in [1.807, 2.05) is 0 Å². The quantitative estimate of drug-likeness (QED) is 0.670. The fourth-order valence-corrected chi connectivity index (χ4v) is 3.76. The van der Waals surface area contributed by atoms with E-state index in [-0.39, 0.29) is 0 Å². The fourth-order valence-electron chi connectivity index (χ4n) is 3.76. The Bertz CT molecular complexity index is 951. The van der Waals surface area contributed by atoms with E-state index in [0.717, 1.165) is 43.5 Å². The van der Waals surface area contributed by atoms with Crippen LogP contribution in [0.15, 0.2) is 54.6 Å². The molecule has 0 aliphatic carbocycles. The molecule has 0 radical (unpaired) electrons. The van der Waals surface area contributed by atoms with Gasteiger partial charge in [0, 0.05) is 37.1 Å². The molecule has 4 heteroatoms. The Morgan fingerprint density at radius 1 is 0.963 bits per heavy atom. The maximum atomic E-state index is 4.95. The molecule has 2 aromatic carbocycles. The smallest absolute Gasteiger partial charge is 0.227 e. The Balaban J connectivity index is 1.67. The molecule has 2 heterocycles. The van der Waals surface area contributed by atoms with Crippen molar-refractivity contribution in [2.24, 2.45) is 0 Å². The Morgan fingerprint density at radius 2 is 1.78 bits per heavy atom. The first-order valence-electron chi connectivity index (χ1n) is 9.65. The summed E-state index contributed by atoms with van der Waals surface area (Å²) in [4.78, 5) is 14.2. The van der Waals surface area contributed by atoms with Gasteiger partial charge < -0.3 is 9.80 Å². The molecule has 1 aliphatic rings. The van der Waals surface area contributed by atoms with Crippen molar-refractivity contribution in [3.63, 3.8) is 0 Å². The molecule has 0 N–H and O–H groups in total. The summed E-state index contributed by atoms with van der Waals surface area (Å²) in [7, 11) is 0. The van der Waals surface area contributed by atoms with Gasteiger partial charge in [-0.05, 0) is 56.0 Å². The monoisotopic (exact) mass is 358 g/mol. The van der Waals surface area contributed by atoms with Crippen LogP contribution in [0, 0.1) is 13.8 Å². The van der Waals surface area contributed by atoms with E-state index < -0.39 is 0 Å². The maximum absolute atomic E-state index is 4.95. The summed E-state index contributed by atoms with van der Waals surface area (Å²) in [5.41, 5.74) is 6.24. The predicted octanol–water partition coefficient (Wildman–Crippen LogP) is 4.81. The molecule has 4 nitrogen and oxygen atoms in total. The van der Waals surface area contributed by atoms with Gasteiger partial charge in [0.25, 0.3) is 0 Å². The highest BCUT2D eigenvalue weighted by Crippen LogP contribution is 2.28. The summed E-state index contributed by atoms with van der Waals surface area (Å²) in [6.45, 7) is 9.03. The van der Waals surface area contributed by atoms with Crippen LogP contribution in [-0.4, -0.2) is 23.1 Å². The van der Waals surface area contributed by atoms with Gasteiger partial charge in [0.1, 0.15) is 5.82 Å². The number of nitrogens with zero attached hydrogens (tertiary/aromatic N) is 4. The molecule has 1 aliphatic heterocycles. The first-order valence-corrected chi connectivity index (χ1v) is 9.65. The predicted molar refractivity (Wildman–Crippen MR) is 112 cm³/mol. The summed E-state index contributed by atoms with van der Waals surface area (Å²) >= 11 is 0. The molecule has 0 bridgehead atoms. The minimum absolute atomic E-state index is 0.825. The summed E-state index contributed by atoms with van der Waals surface area (Å²) in [5.74, 6) is 1.79. The zero-order valence-electron chi connectivity index (χ0n) is 16.3. The number of hydrogen-bond donors (Lipinski definition) is 0. The summed E-state index contributed by atoms with van der Waals surface area (Å²) in [5, 5.41) is 0. The number of anilines is 3. The lowest BCUT2D eigenvalue weighted by molar-refractivity contribution is 0.705. The van der Waals surface area contributed by atoms with Gasteiger partial charge in [0.15, 0.2) is 0 Å². The lowest BCUT2D eigenvalue weighted by Crippen LogP contribution is -2.32. The highest BCUT2D eigenvalue weighted by Gasteiger charge is 2.20. The number of aryl methyl sites for hydroxylation is 2. The molecule has 4 rings (SSSR count). The van der Waals surface area contributed by atoms with E-state index in [1.165, 1.54) is 22.4 Å². The van der Waals surface area contributed by atoms with Crippen LogP contribution in [0.3, 0.4) is 0 Å². The van der Waals surface area contributed by atoms with Crippen LogP contribution in [0.4, 0.5) is 17.5 Å². The van der Waals surface area contributed by atoms with Gasteiger partial charge >= 0.3 is 0 Å². The number of hydrogen-bond acceptors (Lipinski definition) is 4. The first kappa shape index (κ1) is 17.5. The summed E-state index contributed by atoms with van der Waals surface area (Å²) in [6, 6.07) is 19.3. The van der Waals surface area contributed by atoms with Crippen molar-refractivity contribution in [1.29, 1.82) is 0 Å². The standard InChI is InChI=1S/C23H26N4/c1-4-27(21-11-7-8-17(2)14-21)22-15-18(3)24-23(25-22)26-13-12-19-9-5-6-10-20(19)16-26/h5-11,14-15H,4,12-13,16H2,1-3H3. The van der Waals surface area contributed by atoms with E-state index in [4.69, 9.17) is 9.97 Å². The van der Waals surface area contributed by atoms with Gasteiger partial charge in [0.2, 0.25) is 5.95 Å². The van der Waals surface area contributed by atoms with E-state index in [1.54, 1.807) is 0 Å². The van der Waals surface area contributed by atoms with Crippen LogP contribution in [-0.2, 0) is 13.0 Å². The topological polar surface area (TPSA) is 32.3 Å². The normalized spacial score (nSPS) is 13.4. The number of fused-ring (bicyclic) bond motifs is 1. The van der Waals surface area contributed by atoms with Gasteiger partial charge in [-0.2, -0.15) is 4.98 Å². The van der Waals surface area contributed by atoms with Gasteiger partial charge in [0.05, 0.1) is 0 Å². The average Bonchev–Trinajstić information content (AvgIpc) is 2.68. The van der Waals surface area contributed by atoms with Crippen molar-refractivity contribution in [2.45, 2.75) is 33.7 Å². The minimum Gasteiger partial charge on any atom is -0.336 e. The Kier molecular flexibility index (Phi) is 4.80. The molecule has 138 valence electrons. The van der Waals surface area contributed by atoms with Gasteiger partial charge in [-0.1, -0.05) is 36.4 Å². The lowest BCUT2D eigenvalue weighted by atomic mass is 10.0. The third-order valence-electron chi connectivity index (χ3n) is 5.15. The molecule has 0 spiro atoms. The first-order chi connectivity index (χ1) is 13.1. The van der Waals surface area contributed by atoms with E-state index in [2.05, 4.69) is 85.2 Å². The maximum Gasteiger partial charge on any atom is 0.227 e. The Hall–Kier alpha value is -2.88. The van der Waals surface area contributed by atoms with Crippen molar-refractivity contribution < 1.29 is 0 Å². The van der Waals surface area contributed by atoms with Crippen LogP contribution < -0.4 is 9.80 Å². The molecule has 0 unspecified atom stereocenters. The van der Waals surface area contributed by atoms with Crippen LogP contribution in [0.5, 0.6) is 0 Å². The number of rotatable bonds is 4. The third kappa shape index (κ3) is 3.65. The second kappa shape index (κ2) is 7.39. The second-order valence-electron chi connectivity index (χ2n) is 7.19. The van der Waals surface area contributed by atoms with Gasteiger partial charge in [-0.15, -0.1) is 0 Å². The second-order valence-corrected chi connectivity index (χ2v) is 7.19. The number of aromatic nitrogens is 2. The van der Waals surface area contributed by atoms with Crippen LogP contribution in [0.2, 0.25) is 0 Å².